The van der Waals surface area contributed by atoms with Gasteiger partial charge in [-0.15, -0.1) is 0 Å². The van der Waals surface area contributed by atoms with Crippen LogP contribution >= 0.6 is 47.8 Å². The molecule has 0 bridgehead atoms. The first-order valence-electron chi connectivity index (χ1n) is 5.53. The summed E-state index contributed by atoms with van der Waals surface area (Å²) in [5, 5.41) is 20.0. The van der Waals surface area contributed by atoms with E-state index in [9.17, 15) is 19.8 Å². The summed E-state index contributed by atoms with van der Waals surface area (Å²) in [6.07, 6.45) is -0.543. The molecule has 0 unspecified atom stereocenters. The number of aliphatic hydroxyl groups is 2. The molecule has 3 atom stereocenters. The van der Waals surface area contributed by atoms with Crippen molar-refractivity contribution in [1.29, 1.82) is 0 Å². The number of aromatic amines is 1. The zero-order chi connectivity index (χ0) is 15.3. The second-order valence-electron chi connectivity index (χ2n) is 4.49. The van der Waals surface area contributed by atoms with Gasteiger partial charge in [-0.3, -0.25) is 14.3 Å². The van der Waals surface area contributed by atoms with Crippen LogP contribution in [0.3, 0.4) is 0 Å². The van der Waals surface area contributed by atoms with Gasteiger partial charge in [-0.25, -0.2) is 4.79 Å². The van der Waals surface area contributed by atoms with Crippen molar-refractivity contribution in [2.24, 2.45) is 0 Å². The van der Waals surface area contributed by atoms with Crippen LogP contribution < -0.4 is 11.2 Å². The third kappa shape index (κ3) is 2.69. The van der Waals surface area contributed by atoms with Crippen molar-refractivity contribution in [3.8, 4) is 0 Å². The van der Waals surface area contributed by atoms with Gasteiger partial charge < -0.3 is 14.9 Å². The molecule has 1 fully saturated rings. The molecule has 20 heavy (non-hydrogen) atoms. The Morgan fingerprint density at radius 3 is 2.65 bits per heavy atom. The summed E-state index contributed by atoms with van der Waals surface area (Å²) >= 11 is 9.01. The Hall–Kier alpha value is -0.000000000000000222. The van der Waals surface area contributed by atoms with Crippen LogP contribution in [0.25, 0.3) is 0 Å². The zero-order valence-corrected chi connectivity index (χ0v) is 14.9. The van der Waals surface area contributed by atoms with Crippen LogP contribution in [0, 0.1) is 6.92 Å². The largest absolute Gasteiger partial charge is 0.389 e. The monoisotopic (exact) mass is 476 g/mol. The van der Waals surface area contributed by atoms with E-state index in [1.165, 1.54) is 6.20 Å². The molecular formula is C10H11Br3N2O5. The highest BCUT2D eigenvalue weighted by Gasteiger charge is 2.58. The number of ether oxygens (including phenoxy) is 1. The molecule has 1 aromatic heterocycles. The first kappa shape index (κ1) is 16.4. The van der Waals surface area contributed by atoms with E-state index in [2.05, 4.69) is 52.8 Å². The number of aliphatic hydroxyl groups excluding tert-OH is 1. The SMILES string of the molecule is Cc1cn([C@H]2C[C@H](O)[C@@](Br)(C(O)(Br)Br)O2)c(=O)[nH]c1=O. The van der Waals surface area contributed by atoms with Gasteiger partial charge in [0.05, 0.1) is 0 Å². The van der Waals surface area contributed by atoms with Crippen LogP contribution in [0.4, 0.5) is 0 Å². The minimum atomic E-state index is -1.73. The van der Waals surface area contributed by atoms with E-state index >= 15 is 0 Å². The molecule has 0 saturated carbocycles. The number of hydrogen-bond donors (Lipinski definition) is 3. The number of halogens is 3. The zero-order valence-electron chi connectivity index (χ0n) is 10.1. The van der Waals surface area contributed by atoms with E-state index in [-0.39, 0.29) is 6.42 Å². The number of H-pyrrole nitrogens is 1. The molecule has 1 aromatic rings. The topological polar surface area (TPSA) is 105 Å². The van der Waals surface area contributed by atoms with E-state index in [1.807, 2.05) is 0 Å². The Bertz CT molecular complexity index is 637. The number of hydrogen-bond acceptors (Lipinski definition) is 5. The van der Waals surface area contributed by atoms with Gasteiger partial charge in [0.2, 0.25) is 3.42 Å². The lowest BCUT2D eigenvalue weighted by molar-refractivity contribution is -0.0816. The van der Waals surface area contributed by atoms with Gasteiger partial charge in [0.1, 0.15) is 12.3 Å². The summed E-state index contributed by atoms with van der Waals surface area (Å²) in [6.45, 7) is 1.55. The Morgan fingerprint density at radius 1 is 1.55 bits per heavy atom. The Morgan fingerprint density at radius 2 is 2.15 bits per heavy atom. The molecule has 0 aromatic carbocycles. The normalized spacial score (nSPS) is 30.7. The van der Waals surface area contributed by atoms with Crippen molar-refractivity contribution in [3.05, 3.63) is 32.6 Å². The molecule has 112 valence electrons. The average molecular weight is 479 g/mol. The van der Waals surface area contributed by atoms with Crippen molar-refractivity contribution >= 4 is 47.8 Å². The maximum absolute atomic E-state index is 11.8. The molecule has 3 N–H and O–H groups in total. The predicted octanol–water partition coefficient (Wildman–Crippen LogP) is 0.652. The molecule has 2 heterocycles. The van der Waals surface area contributed by atoms with Crippen LogP contribution in [-0.2, 0) is 4.74 Å². The van der Waals surface area contributed by atoms with Crippen LogP contribution in [0.5, 0.6) is 0 Å². The lowest BCUT2D eigenvalue weighted by atomic mass is 10.2. The minimum absolute atomic E-state index is 0.0517. The fourth-order valence-electron chi connectivity index (χ4n) is 1.91. The quantitative estimate of drug-likeness (QED) is 0.541. The maximum atomic E-state index is 11.8. The van der Waals surface area contributed by atoms with Gasteiger partial charge in [0.15, 0.2) is 4.51 Å². The number of alkyl halides is 3. The molecule has 0 aliphatic carbocycles. The van der Waals surface area contributed by atoms with Crippen LogP contribution in [0.1, 0.15) is 18.2 Å². The van der Waals surface area contributed by atoms with Gasteiger partial charge in [-0.2, -0.15) is 0 Å². The molecule has 2 rings (SSSR count). The van der Waals surface area contributed by atoms with Gasteiger partial charge in [-0.1, -0.05) is 0 Å². The lowest BCUT2D eigenvalue weighted by Gasteiger charge is -2.33. The second-order valence-corrected chi connectivity index (χ2v) is 9.03. The molecule has 1 aliphatic heterocycles. The molecule has 7 nitrogen and oxygen atoms in total. The Kier molecular flexibility index (Phi) is 4.36. The highest BCUT2D eigenvalue weighted by molar-refractivity contribution is 9.26. The van der Waals surface area contributed by atoms with E-state index in [4.69, 9.17) is 4.74 Å². The number of aromatic nitrogens is 2. The smallest absolute Gasteiger partial charge is 0.330 e. The van der Waals surface area contributed by atoms with Crippen molar-refractivity contribution in [2.45, 2.75) is 33.6 Å². The third-order valence-corrected chi connectivity index (χ3v) is 6.56. The summed E-state index contributed by atoms with van der Waals surface area (Å²) < 4.78 is 3.43. The molecule has 1 aliphatic rings. The maximum Gasteiger partial charge on any atom is 0.330 e. The highest BCUT2D eigenvalue weighted by atomic mass is 79.9. The fraction of sp³-hybridized carbons (Fsp3) is 0.600. The predicted molar refractivity (Wildman–Crippen MR) is 81.3 cm³/mol. The van der Waals surface area contributed by atoms with Gasteiger partial charge >= 0.3 is 5.69 Å². The average Bonchev–Trinajstić information content (AvgIpc) is 2.61. The van der Waals surface area contributed by atoms with Crippen molar-refractivity contribution < 1.29 is 14.9 Å². The molecule has 0 amide bonds. The number of aryl methyl sites for hydroxylation is 1. The summed E-state index contributed by atoms with van der Waals surface area (Å²) in [5.41, 5.74) is -0.794. The summed E-state index contributed by atoms with van der Waals surface area (Å²) in [5.74, 6) is 0. The Labute approximate surface area is 138 Å². The summed E-state index contributed by atoms with van der Waals surface area (Å²) in [7, 11) is 0. The minimum Gasteiger partial charge on any atom is -0.389 e. The fourth-order valence-corrected chi connectivity index (χ4v) is 3.03. The number of nitrogens with one attached hydrogen (secondary N) is 1. The van der Waals surface area contributed by atoms with Gasteiger partial charge in [0.25, 0.3) is 5.56 Å². The standard InChI is InChI=1S/C10H11Br3N2O5/c1-4-3-15(8(18)14-7(4)17)6-2-5(16)9(11,20-6)10(12,13)19/h3,5-6,16,19H,2H2,1H3,(H,14,17,18)/t5-,6+,9-/m0/s1. The van der Waals surface area contributed by atoms with E-state index in [0.29, 0.717) is 5.56 Å². The highest BCUT2D eigenvalue weighted by Crippen LogP contribution is 2.52. The first-order chi connectivity index (χ1) is 9.06. The van der Waals surface area contributed by atoms with Crippen molar-refractivity contribution in [2.75, 3.05) is 0 Å². The molecular weight excluding hydrogens is 468 g/mol. The van der Waals surface area contributed by atoms with Crippen LogP contribution in [0.2, 0.25) is 0 Å². The molecule has 0 spiro atoms. The van der Waals surface area contributed by atoms with E-state index < -0.39 is 31.5 Å². The number of rotatable bonds is 2. The Balaban J connectivity index is 2.41. The summed E-state index contributed by atoms with van der Waals surface area (Å²) in [6, 6.07) is 0. The molecule has 10 heteroatoms. The first-order valence-corrected chi connectivity index (χ1v) is 7.91. The summed E-state index contributed by atoms with van der Waals surface area (Å²) in [4.78, 5) is 25.3. The van der Waals surface area contributed by atoms with E-state index in [0.717, 1.165) is 4.57 Å². The van der Waals surface area contributed by atoms with Crippen LogP contribution in [0.15, 0.2) is 15.8 Å². The van der Waals surface area contributed by atoms with Crippen LogP contribution in [-0.4, -0.2) is 33.8 Å². The van der Waals surface area contributed by atoms with Crippen molar-refractivity contribution in [1.82, 2.24) is 9.55 Å². The van der Waals surface area contributed by atoms with Gasteiger partial charge in [0, 0.05) is 18.2 Å². The van der Waals surface area contributed by atoms with Gasteiger partial charge in [-0.05, 0) is 54.7 Å². The lowest BCUT2D eigenvalue weighted by Crippen LogP contribution is -2.47. The van der Waals surface area contributed by atoms with Crippen molar-refractivity contribution in [3.63, 3.8) is 0 Å². The molecule has 1 saturated heterocycles. The third-order valence-electron chi connectivity index (χ3n) is 3.03. The van der Waals surface area contributed by atoms with E-state index in [1.54, 1.807) is 6.92 Å². The molecule has 0 radical (unpaired) electrons. The number of nitrogens with zero attached hydrogens (tertiary/aromatic N) is 1. The second kappa shape index (κ2) is 5.33.